The molecule has 0 aliphatic carbocycles. The molecule has 0 atom stereocenters. The highest BCUT2D eigenvalue weighted by Crippen LogP contribution is 2.20. The monoisotopic (exact) mass is 221 g/mol. The predicted octanol–water partition coefficient (Wildman–Crippen LogP) is 3.01. The summed E-state index contributed by atoms with van der Waals surface area (Å²) in [5.41, 5.74) is 1.39. The minimum absolute atomic E-state index is 0.330. The molecule has 0 amide bonds. The number of hydrogen-bond acceptors (Lipinski definition) is 2. The minimum Gasteiger partial charge on any atom is -0.478 e. The lowest BCUT2D eigenvalue weighted by molar-refractivity contribution is 0.0697. The number of carboxylic acids is 1. The van der Waals surface area contributed by atoms with Crippen LogP contribution >= 0.6 is 0 Å². The molecule has 1 N–H and O–H groups in total. The number of anilines is 1. The van der Waals surface area contributed by atoms with Gasteiger partial charge in [0.2, 0.25) is 0 Å². The molecular weight excluding hydrogens is 202 g/mol. The number of carbonyl (C=O) groups is 1. The molecule has 0 saturated heterocycles. The normalized spacial score (nSPS) is 10.9. The Morgan fingerprint density at radius 2 is 1.50 bits per heavy atom. The molecule has 1 aromatic carbocycles. The van der Waals surface area contributed by atoms with Crippen molar-refractivity contribution in [3.05, 3.63) is 29.8 Å². The summed E-state index contributed by atoms with van der Waals surface area (Å²) in [5.74, 6) is -0.882. The fraction of sp³-hybridized carbons (Fsp3) is 0.462. The summed E-state index contributed by atoms with van der Waals surface area (Å²) in [6, 6.07) is 7.82. The number of hydrogen-bond donors (Lipinski definition) is 1. The number of rotatable bonds is 4. The molecule has 3 nitrogen and oxygen atoms in total. The van der Waals surface area contributed by atoms with Crippen LogP contribution in [0, 0.1) is 0 Å². The van der Waals surface area contributed by atoms with Gasteiger partial charge in [0.15, 0.2) is 0 Å². The Labute approximate surface area is 96.7 Å². The topological polar surface area (TPSA) is 40.5 Å². The lowest BCUT2D eigenvalue weighted by Crippen LogP contribution is -2.36. The van der Waals surface area contributed by atoms with Gasteiger partial charge in [-0.1, -0.05) is 0 Å². The van der Waals surface area contributed by atoms with Crippen LogP contribution in [0.4, 0.5) is 5.69 Å². The zero-order chi connectivity index (χ0) is 12.3. The Kier molecular flexibility index (Phi) is 3.93. The van der Waals surface area contributed by atoms with Gasteiger partial charge < -0.3 is 10.0 Å². The van der Waals surface area contributed by atoms with Crippen molar-refractivity contribution < 1.29 is 9.90 Å². The van der Waals surface area contributed by atoms with Gasteiger partial charge in [0, 0.05) is 17.8 Å². The first kappa shape index (κ1) is 12.6. The van der Waals surface area contributed by atoms with Crippen LogP contribution in [-0.2, 0) is 0 Å². The second-order valence-electron chi connectivity index (χ2n) is 4.45. The third-order valence-corrected chi connectivity index (χ3v) is 2.53. The molecule has 0 bridgehead atoms. The first-order chi connectivity index (χ1) is 7.43. The van der Waals surface area contributed by atoms with E-state index in [1.807, 2.05) is 12.1 Å². The maximum Gasteiger partial charge on any atom is 0.335 e. The van der Waals surface area contributed by atoms with Crippen molar-refractivity contribution in [2.45, 2.75) is 39.8 Å². The highest BCUT2D eigenvalue weighted by molar-refractivity contribution is 5.88. The van der Waals surface area contributed by atoms with Crippen LogP contribution in [-0.4, -0.2) is 23.2 Å². The fourth-order valence-corrected chi connectivity index (χ4v) is 1.97. The molecule has 0 unspecified atom stereocenters. The molecule has 0 heterocycles. The predicted molar refractivity (Wildman–Crippen MR) is 66.2 cm³/mol. The summed E-state index contributed by atoms with van der Waals surface area (Å²) >= 11 is 0. The third-order valence-electron chi connectivity index (χ3n) is 2.53. The van der Waals surface area contributed by atoms with Crippen molar-refractivity contribution in [3.8, 4) is 0 Å². The highest BCUT2D eigenvalue weighted by atomic mass is 16.4. The van der Waals surface area contributed by atoms with E-state index >= 15 is 0 Å². The van der Waals surface area contributed by atoms with Crippen LogP contribution in [0.25, 0.3) is 0 Å². The van der Waals surface area contributed by atoms with E-state index in [9.17, 15) is 4.79 Å². The van der Waals surface area contributed by atoms with Crippen LogP contribution in [0.3, 0.4) is 0 Å². The van der Waals surface area contributed by atoms with Gasteiger partial charge in [-0.3, -0.25) is 0 Å². The van der Waals surface area contributed by atoms with E-state index in [2.05, 4.69) is 32.6 Å². The van der Waals surface area contributed by atoms with Crippen molar-refractivity contribution in [2.75, 3.05) is 4.90 Å². The number of aromatic carboxylic acids is 1. The van der Waals surface area contributed by atoms with Gasteiger partial charge in [0.05, 0.1) is 5.56 Å². The van der Waals surface area contributed by atoms with E-state index in [-0.39, 0.29) is 0 Å². The number of nitrogens with zero attached hydrogens (tertiary/aromatic N) is 1. The van der Waals surface area contributed by atoms with E-state index in [1.54, 1.807) is 12.1 Å². The lowest BCUT2D eigenvalue weighted by Gasteiger charge is -2.33. The van der Waals surface area contributed by atoms with Crippen LogP contribution < -0.4 is 4.90 Å². The molecule has 0 aliphatic rings. The molecule has 0 radical (unpaired) electrons. The first-order valence-electron chi connectivity index (χ1n) is 5.55. The van der Waals surface area contributed by atoms with Crippen molar-refractivity contribution in [1.29, 1.82) is 0 Å². The Morgan fingerprint density at radius 3 is 1.81 bits per heavy atom. The first-order valence-corrected chi connectivity index (χ1v) is 5.55. The van der Waals surface area contributed by atoms with Crippen LogP contribution in [0.15, 0.2) is 24.3 Å². The smallest absolute Gasteiger partial charge is 0.335 e. The average molecular weight is 221 g/mol. The summed E-state index contributed by atoms with van der Waals surface area (Å²) in [6.45, 7) is 8.52. The number of benzene rings is 1. The SMILES string of the molecule is CC(C)N(c1ccc(C(=O)O)cc1)C(C)C. The van der Waals surface area contributed by atoms with Gasteiger partial charge in [-0.15, -0.1) is 0 Å². The quantitative estimate of drug-likeness (QED) is 0.849. The van der Waals surface area contributed by atoms with Crippen LogP contribution in [0.2, 0.25) is 0 Å². The third kappa shape index (κ3) is 2.75. The highest BCUT2D eigenvalue weighted by Gasteiger charge is 2.14. The minimum atomic E-state index is -0.882. The molecule has 3 heteroatoms. The van der Waals surface area contributed by atoms with Crippen molar-refractivity contribution in [1.82, 2.24) is 0 Å². The van der Waals surface area contributed by atoms with E-state index in [0.29, 0.717) is 17.6 Å². The van der Waals surface area contributed by atoms with Gasteiger partial charge in [-0.2, -0.15) is 0 Å². The molecule has 0 fully saturated rings. The Hall–Kier alpha value is -1.51. The Bertz CT molecular complexity index is 347. The van der Waals surface area contributed by atoms with Gasteiger partial charge in [0.25, 0.3) is 0 Å². The summed E-state index contributed by atoms with van der Waals surface area (Å²) in [6.07, 6.45) is 0. The lowest BCUT2D eigenvalue weighted by atomic mass is 10.1. The molecule has 0 spiro atoms. The summed E-state index contributed by atoms with van der Waals surface area (Å²) in [4.78, 5) is 13.0. The average Bonchev–Trinajstić information content (AvgIpc) is 2.17. The molecule has 0 aromatic heterocycles. The van der Waals surface area contributed by atoms with Crippen LogP contribution in [0.1, 0.15) is 38.1 Å². The van der Waals surface area contributed by atoms with Crippen LogP contribution in [0.5, 0.6) is 0 Å². The van der Waals surface area contributed by atoms with E-state index in [0.717, 1.165) is 5.69 Å². The zero-order valence-corrected chi connectivity index (χ0v) is 10.3. The Morgan fingerprint density at radius 1 is 1.06 bits per heavy atom. The van der Waals surface area contributed by atoms with Gasteiger partial charge in [0.1, 0.15) is 0 Å². The molecule has 1 aromatic rings. The van der Waals surface area contributed by atoms with Crippen molar-refractivity contribution in [3.63, 3.8) is 0 Å². The summed E-state index contributed by atoms with van der Waals surface area (Å²) < 4.78 is 0. The second-order valence-corrected chi connectivity index (χ2v) is 4.45. The molecule has 0 saturated carbocycles. The van der Waals surface area contributed by atoms with Gasteiger partial charge in [-0.05, 0) is 52.0 Å². The largest absolute Gasteiger partial charge is 0.478 e. The Balaban J connectivity index is 2.99. The summed E-state index contributed by atoms with van der Waals surface area (Å²) in [5, 5.41) is 8.82. The van der Waals surface area contributed by atoms with Gasteiger partial charge >= 0.3 is 5.97 Å². The molecule has 0 aliphatic heterocycles. The second kappa shape index (κ2) is 5.01. The zero-order valence-electron chi connectivity index (χ0n) is 10.3. The summed E-state index contributed by atoms with van der Waals surface area (Å²) in [7, 11) is 0. The molecule has 16 heavy (non-hydrogen) atoms. The molecular formula is C13H19NO2. The standard InChI is InChI=1S/C13H19NO2/c1-9(2)14(10(3)4)12-7-5-11(6-8-12)13(15)16/h5-10H,1-4H3,(H,15,16). The van der Waals surface area contributed by atoms with Crippen molar-refractivity contribution >= 4 is 11.7 Å². The van der Waals surface area contributed by atoms with E-state index in [1.165, 1.54) is 0 Å². The molecule has 88 valence electrons. The van der Waals surface area contributed by atoms with Gasteiger partial charge in [-0.25, -0.2) is 4.79 Å². The maximum atomic E-state index is 10.7. The maximum absolute atomic E-state index is 10.7. The fourth-order valence-electron chi connectivity index (χ4n) is 1.97. The number of carboxylic acid groups (broad SMARTS) is 1. The van der Waals surface area contributed by atoms with E-state index < -0.39 is 5.97 Å². The van der Waals surface area contributed by atoms with E-state index in [4.69, 9.17) is 5.11 Å². The molecule has 1 rings (SSSR count). The van der Waals surface area contributed by atoms with Crippen molar-refractivity contribution in [2.24, 2.45) is 0 Å².